The van der Waals surface area contributed by atoms with E-state index in [2.05, 4.69) is 26.7 Å². The minimum atomic E-state index is 0.0364. The van der Waals surface area contributed by atoms with E-state index in [4.69, 9.17) is 5.26 Å². The minimum Gasteiger partial charge on any atom is -0.373 e. The van der Waals surface area contributed by atoms with Crippen molar-refractivity contribution in [3.05, 3.63) is 59.4 Å². The van der Waals surface area contributed by atoms with Crippen LogP contribution in [0.1, 0.15) is 29.5 Å². The summed E-state index contributed by atoms with van der Waals surface area (Å²) >= 11 is 0. The Kier molecular flexibility index (Phi) is 5.21. The lowest BCUT2D eigenvalue weighted by molar-refractivity contribution is -0.117. The second-order valence-electron chi connectivity index (χ2n) is 7.10. The summed E-state index contributed by atoms with van der Waals surface area (Å²) in [6, 6.07) is 11.9. The van der Waals surface area contributed by atoms with Gasteiger partial charge in [0.25, 0.3) is 0 Å². The number of nitriles is 1. The van der Waals surface area contributed by atoms with E-state index in [0.717, 1.165) is 46.1 Å². The summed E-state index contributed by atoms with van der Waals surface area (Å²) in [4.78, 5) is 21.0. The number of amides is 1. The van der Waals surface area contributed by atoms with Gasteiger partial charge in [-0.3, -0.25) is 4.79 Å². The summed E-state index contributed by atoms with van der Waals surface area (Å²) in [6.07, 6.45) is 9.87. The molecule has 0 spiro atoms. The number of nitrogens with zero attached hydrogens (tertiary/aromatic N) is 3. The molecule has 6 nitrogen and oxygen atoms in total. The fraction of sp³-hybridized carbons (Fsp3) is 0.217. The molecule has 2 N–H and O–H groups in total. The Bertz CT molecular complexity index is 1120. The van der Waals surface area contributed by atoms with Gasteiger partial charge in [0.2, 0.25) is 5.91 Å². The van der Waals surface area contributed by atoms with E-state index in [9.17, 15) is 4.79 Å². The number of benzene rings is 1. The summed E-state index contributed by atoms with van der Waals surface area (Å²) < 4.78 is 0. The summed E-state index contributed by atoms with van der Waals surface area (Å²) in [6.45, 7) is 0. The molecule has 1 aliphatic rings. The molecule has 1 aromatic carbocycles. The fourth-order valence-electron chi connectivity index (χ4n) is 3.15. The highest BCUT2D eigenvalue weighted by atomic mass is 16.2. The molecule has 4 rings (SSSR count). The molecule has 6 heteroatoms. The number of hydrogen-bond donors (Lipinski definition) is 2. The number of nitrogens with one attached hydrogen (secondary N) is 2. The Balaban J connectivity index is 1.66. The third-order valence-corrected chi connectivity index (χ3v) is 4.96. The summed E-state index contributed by atoms with van der Waals surface area (Å²) in [5.74, 6) is 1.46. The molecule has 0 atom stereocenters. The van der Waals surface area contributed by atoms with Crippen molar-refractivity contribution in [2.24, 2.45) is 5.92 Å². The Hall–Kier alpha value is -3.72. The van der Waals surface area contributed by atoms with Crippen molar-refractivity contribution in [1.29, 1.82) is 5.26 Å². The summed E-state index contributed by atoms with van der Waals surface area (Å²) in [5.41, 5.74) is 2.97. The van der Waals surface area contributed by atoms with Gasteiger partial charge in [-0.05, 0) is 35.4 Å². The summed E-state index contributed by atoms with van der Waals surface area (Å²) in [7, 11) is 1.82. The number of carbonyl (C=O) groups excluding carboxylic acids is 1. The lowest BCUT2D eigenvalue weighted by Gasteiger charge is -2.10. The van der Waals surface area contributed by atoms with Crippen LogP contribution in [0.3, 0.4) is 0 Å². The Morgan fingerprint density at radius 1 is 1.17 bits per heavy atom. The second-order valence-corrected chi connectivity index (χ2v) is 7.10. The minimum absolute atomic E-state index is 0.0364. The first-order valence-corrected chi connectivity index (χ1v) is 9.59. The number of fused-ring (bicyclic) bond motifs is 1. The smallest absolute Gasteiger partial charge is 0.228 e. The van der Waals surface area contributed by atoms with Gasteiger partial charge in [-0.15, -0.1) is 0 Å². The molecule has 2 aromatic heterocycles. The molecular weight excluding hydrogens is 362 g/mol. The molecule has 0 unspecified atom stereocenters. The number of anilines is 2. The first-order valence-electron chi connectivity index (χ1n) is 9.59. The van der Waals surface area contributed by atoms with E-state index < -0.39 is 0 Å². The zero-order valence-corrected chi connectivity index (χ0v) is 16.1. The number of aromatic nitrogens is 2. The zero-order chi connectivity index (χ0) is 20.2. The van der Waals surface area contributed by atoms with Crippen LogP contribution >= 0.6 is 0 Å². The Morgan fingerprint density at radius 2 is 1.97 bits per heavy atom. The van der Waals surface area contributed by atoms with E-state index in [1.807, 2.05) is 49.5 Å². The lowest BCUT2D eigenvalue weighted by atomic mass is 10.1. The number of rotatable bonds is 6. The van der Waals surface area contributed by atoms with Gasteiger partial charge in [0.1, 0.15) is 11.6 Å². The third kappa shape index (κ3) is 4.25. The molecule has 144 valence electrons. The van der Waals surface area contributed by atoms with E-state index in [-0.39, 0.29) is 11.8 Å². The van der Waals surface area contributed by atoms with E-state index >= 15 is 0 Å². The molecule has 2 heterocycles. The molecular formula is C23H21N5O. The number of carbonyl (C=O) groups is 1. The zero-order valence-electron chi connectivity index (χ0n) is 16.1. The van der Waals surface area contributed by atoms with Crippen molar-refractivity contribution < 1.29 is 4.79 Å². The third-order valence-electron chi connectivity index (χ3n) is 4.96. The van der Waals surface area contributed by atoms with Crippen molar-refractivity contribution in [1.82, 2.24) is 9.97 Å². The largest absolute Gasteiger partial charge is 0.373 e. The second kappa shape index (κ2) is 8.11. The average Bonchev–Trinajstić information content (AvgIpc) is 3.59. The normalized spacial score (nSPS) is 13.4. The number of hydrogen-bond acceptors (Lipinski definition) is 5. The first kappa shape index (κ1) is 18.6. The van der Waals surface area contributed by atoms with Gasteiger partial charge in [0.05, 0.1) is 12.5 Å². The highest BCUT2D eigenvalue weighted by molar-refractivity contribution is 6.01. The van der Waals surface area contributed by atoms with Crippen LogP contribution in [0.4, 0.5) is 11.6 Å². The predicted molar refractivity (Wildman–Crippen MR) is 115 cm³/mol. The van der Waals surface area contributed by atoms with Crippen molar-refractivity contribution in [3.63, 3.8) is 0 Å². The first-order chi connectivity index (χ1) is 14.2. The molecule has 1 saturated carbocycles. The van der Waals surface area contributed by atoms with Gasteiger partial charge < -0.3 is 10.6 Å². The van der Waals surface area contributed by atoms with Crippen molar-refractivity contribution in [2.75, 3.05) is 17.7 Å². The van der Waals surface area contributed by atoms with Crippen LogP contribution in [0, 0.1) is 17.2 Å². The molecule has 1 amide bonds. The molecule has 0 saturated heterocycles. The molecule has 3 aromatic rings. The van der Waals surface area contributed by atoms with Crippen LogP contribution < -0.4 is 10.6 Å². The van der Waals surface area contributed by atoms with Crippen molar-refractivity contribution >= 4 is 40.5 Å². The molecule has 0 bridgehead atoms. The van der Waals surface area contributed by atoms with Crippen LogP contribution in [0.25, 0.3) is 22.9 Å². The van der Waals surface area contributed by atoms with Crippen LogP contribution in [0.2, 0.25) is 0 Å². The van der Waals surface area contributed by atoms with E-state index in [1.54, 1.807) is 12.4 Å². The Morgan fingerprint density at radius 3 is 2.66 bits per heavy atom. The van der Waals surface area contributed by atoms with Crippen LogP contribution in [0.5, 0.6) is 0 Å². The predicted octanol–water partition coefficient (Wildman–Crippen LogP) is 4.26. The van der Waals surface area contributed by atoms with Crippen molar-refractivity contribution in [2.45, 2.75) is 19.3 Å². The monoisotopic (exact) mass is 383 g/mol. The molecule has 1 fully saturated rings. The maximum Gasteiger partial charge on any atom is 0.228 e. The van der Waals surface area contributed by atoms with E-state index in [0.29, 0.717) is 12.2 Å². The maximum absolute atomic E-state index is 12.1. The average molecular weight is 383 g/mol. The summed E-state index contributed by atoms with van der Waals surface area (Å²) in [5, 5.41) is 16.6. The van der Waals surface area contributed by atoms with Crippen LogP contribution in [0.15, 0.2) is 42.7 Å². The van der Waals surface area contributed by atoms with Crippen LogP contribution in [-0.2, 0) is 11.2 Å². The van der Waals surface area contributed by atoms with Crippen molar-refractivity contribution in [3.8, 4) is 6.07 Å². The van der Waals surface area contributed by atoms with Gasteiger partial charge in [0, 0.05) is 36.3 Å². The topological polar surface area (TPSA) is 90.7 Å². The van der Waals surface area contributed by atoms with Gasteiger partial charge in [-0.2, -0.15) is 5.26 Å². The van der Waals surface area contributed by atoms with Crippen LogP contribution in [-0.4, -0.2) is 22.9 Å². The molecule has 29 heavy (non-hydrogen) atoms. The quantitative estimate of drug-likeness (QED) is 0.664. The standard InChI is InChI=1S/C23H21N5O/c1-25-22-20-14-26-21(28-23(29)17-8-9-17)12-19(20)18(13-27-22)7-6-15-2-4-16(5-3-15)10-11-24/h2-7,12-14,17H,8-10H2,1H3,(H,25,27)(H,26,28,29)/b7-6+. The maximum atomic E-state index is 12.1. The lowest BCUT2D eigenvalue weighted by Crippen LogP contribution is -2.14. The SMILES string of the molecule is CNc1ncc(/C=C/c2ccc(CC#N)cc2)c2cc(NC(=O)C3CC3)ncc12. The van der Waals surface area contributed by atoms with Gasteiger partial charge in [-0.25, -0.2) is 9.97 Å². The fourth-order valence-corrected chi connectivity index (χ4v) is 3.15. The Labute approximate surface area is 169 Å². The van der Waals surface area contributed by atoms with Gasteiger partial charge in [0.15, 0.2) is 0 Å². The van der Waals surface area contributed by atoms with Gasteiger partial charge >= 0.3 is 0 Å². The number of pyridine rings is 2. The molecule has 0 aliphatic heterocycles. The highest BCUT2D eigenvalue weighted by Crippen LogP contribution is 2.31. The van der Waals surface area contributed by atoms with E-state index in [1.165, 1.54) is 0 Å². The van der Waals surface area contributed by atoms with Gasteiger partial charge in [-0.1, -0.05) is 36.4 Å². The molecule has 1 aliphatic carbocycles. The molecule has 0 radical (unpaired) electrons. The highest BCUT2D eigenvalue weighted by Gasteiger charge is 2.29.